The van der Waals surface area contributed by atoms with Crippen LogP contribution in [0.1, 0.15) is 19.8 Å². The van der Waals surface area contributed by atoms with Gasteiger partial charge in [0.2, 0.25) is 10.0 Å². The van der Waals surface area contributed by atoms with Crippen LogP contribution in [0.2, 0.25) is 0 Å². The van der Waals surface area contributed by atoms with Gasteiger partial charge >= 0.3 is 5.97 Å². The second-order valence-electron chi connectivity index (χ2n) is 4.38. The predicted octanol–water partition coefficient (Wildman–Crippen LogP) is 0.148. The molecular weight excluding hydrogens is 246 g/mol. The average Bonchev–Trinajstić information content (AvgIpc) is 2.29. The van der Waals surface area contributed by atoms with E-state index >= 15 is 0 Å². The van der Waals surface area contributed by atoms with Crippen molar-refractivity contribution in [3.8, 4) is 0 Å². The van der Waals surface area contributed by atoms with Crippen molar-refractivity contribution in [3.05, 3.63) is 0 Å². The summed E-state index contributed by atoms with van der Waals surface area (Å²) in [5.41, 5.74) is 0. The van der Waals surface area contributed by atoms with Gasteiger partial charge in [-0.25, -0.2) is 12.7 Å². The van der Waals surface area contributed by atoms with E-state index in [9.17, 15) is 13.2 Å². The van der Waals surface area contributed by atoms with Crippen LogP contribution in [0.5, 0.6) is 0 Å². The van der Waals surface area contributed by atoms with Crippen molar-refractivity contribution >= 4 is 16.0 Å². The van der Waals surface area contributed by atoms with Gasteiger partial charge in [0.1, 0.15) is 0 Å². The summed E-state index contributed by atoms with van der Waals surface area (Å²) in [4.78, 5) is 10.7. The molecule has 17 heavy (non-hydrogen) atoms. The summed E-state index contributed by atoms with van der Waals surface area (Å²) in [7, 11) is -1.97. The van der Waals surface area contributed by atoms with Crippen molar-refractivity contribution in [3.63, 3.8) is 0 Å². The molecule has 1 atom stereocenters. The summed E-state index contributed by atoms with van der Waals surface area (Å²) in [5, 5.41) is 8.32. The minimum Gasteiger partial charge on any atom is -0.481 e. The van der Waals surface area contributed by atoms with Crippen molar-refractivity contribution in [2.24, 2.45) is 5.92 Å². The van der Waals surface area contributed by atoms with Crippen LogP contribution in [0.3, 0.4) is 0 Å². The molecule has 0 spiro atoms. The van der Waals surface area contributed by atoms with Crippen molar-refractivity contribution in [2.75, 3.05) is 26.8 Å². The Balaban J connectivity index is 2.65. The summed E-state index contributed by atoms with van der Waals surface area (Å²) in [5.74, 6) is -1.69. The standard InChI is InChI=1S/C10H19NO5S/c1-8(10(12)13)7-11(2)17(14,15)9-3-5-16-6-4-9/h8-9H,3-7H2,1-2H3,(H,12,13). The third-order valence-electron chi connectivity index (χ3n) is 2.98. The number of carboxylic acids is 1. The first-order valence-corrected chi connectivity index (χ1v) is 7.11. The molecule has 1 N–H and O–H groups in total. The summed E-state index contributed by atoms with van der Waals surface area (Å²) in [6.07, 6.45) is 0.961. The molecule has 0 aliphatic carbocycles. The summed E-state index contributed by atoms with van der Waals surface area (Å²) in [6, 6.07) is 0. The Hall–Kier alpha value is -0.660. The summed E-state index contributed by atoms with van der Waals surface area (Å²) >= 11 is 0. The highest BCUT2D eigenvalue weighted by molar-refractivity contribution is 7.89. The van der Waals surface area contributed by atoms with Crippen molar-refractivity contribution < 1.29 is 23.1 Å². The van der Waals surface area contributed by atoms with Crippen LogP contribution in [-0.2, 0) is 19.6 Å². The Kier molecular flexibility index (Phi) is 4.91. The maximum absolute atomic E-state index is 12.1. The van der Waals surface area contributed by atoms with E-state index in [0.717, 1.165) is 4.31 Å². The van der Waals surface area contributed by atoms with Crippen LogP contribution >= 0.6 is 0 Å². The van der Waals surface area contributed by atoms with E-state index in [0.29, 0.717) is 26.1 Å². The quantitative estimate of drug-likeness (QED) is 0.765. The molecular formula is C10H19NO5S. The number of carboxylic acid groups (broad SMARTS) is 1. The van der Waals surface area contributed by atoms with Gasteiger partial charge in [-0.3, -0.25) is 4.79 Å². The highest BCUT2D eigenvalue weighted by Gasteiger charge is 2.32. The van der Waals surface area contributed by atoms with Gasteiger partial charge in [0.25, 0.3) is 0 Å². The van der Waals surface area contributed by atoms with Gasteiger partial charge in [0.05, 0.1) is 11.2 Å². The first kappa shape index (κ1) is 14.4. The topological polar surface area (TPSA) is 83.9 Å². The monoisotopic (exact) mass is 265 g/mol. The van der Waals surface area contributed by atoms with Crippen LogP contribution in [-0.4, -0.2) is 55.9 Å². The van der Waals surface area contributed by atoms with E-state index in [-0.39, 0.29) is 6.54 Å². The molecule has 0 radical (unpaired) electrons. The molecule has 100 valence electrons. The number of carbonyl (C=O) groups is 1. The van der Waals surface area contributed by atoms with E-state index < -0.39 is 27.2 Å². The predicted molar refractivity (Wildman–Crippen MR) is 62.2 cm³/mol. The van der Waals surface area contributed by atoms with Gasteiger partial charge in [0, 0.05) is 26.8 Å². The van der Waals surface area contributed by atoms with Crippen LogP contribution in [0.25, 0.3) is 0 Å². The minimum atomic E-state index is -3.40. The van der Waals surface area contributed by atoms with E-state index in [4.69, 9.17) is 9.84 Å². The molecule has 1 aliphatic rings. The first-order chi connectivity index (χ1) is 7.85. The lowest BCUT2D eigenvalue weighted by atomic mass is 10.2. The average molecular weight is 265 g/mol. The molecule has 0 aromatic carbocycles. The first-order valence-electron chi connectivity index (χ1n) is 5.61. The zero-order chi connectivity index (χ0) is 13.1. The number of sulfonamides is 1. The maximum Gasteiger partial charge on any atom is 0.307 e. The van der Waals surface area contributed by atoms with Crippen molar-refractivity contribution in [1.29, 1.82) is 0 Å². The zero-order valence-electron chi connectivity index (χ0n) is 10.1. The highest BCUT2D eigenvalue weighted by Crippen LogP contribution is 2.19. The zero-order valence-corrected chi connectivity index (χ0v) is 10.9. The number of ether oxygens (including phenoxy) is 1. The van der Waals surface area contributed by atoms with Crippen LogP contribution in [0, 0.1) is 5.92 Å². The van der Waals surface area contributed by atoms with Crippen LogP contribution in [0.15, 0.2) is 0 Å². The molecule has 0 aromatic rings. The Morgan fingerprint density at radius 3 is 2.47 bits per heavy atom. The molecule has 1 unspecified atom stereocenters. The lowest BCUT2D eigenvalue weighted by molar-refractivity contribution is -0.141. The molecule has 0 bridgehead atoms. The Bertz CT molecular complexity index is 361. The largest absolute Gasteiger partial charge is 0.481 e. The van der Waals surface area contributed by atoms with Gasteiger partial charge in [-0.2, -0.15) is 0 Å². The van der Waals surface area contributed by atoms with E-state index in [1.165, 1.54) is 14.0 Å². The van der Waals surface area contributed by atoms with Crippen LogP contribution < -0.4 is 0 Å². The maximum atomic E-state index is 12.1. The molecule has 6 nitrogen and oxygen atoms in total. The van der Waals surface area contributed by atoms with E-state index in [1.54, 1.807) is 0 Å². The number of aliphatic carboxylic acids is 1. The molecule has 1 heterocycles. The third-order valence-corrected chi connectivity index (χ3v) is 5.31. The minimum absolute atomic E-state index is 0.00895. The Morgan fingerprint density at radius 2 is 2.00 bits per heavy atom. The Morgan fingerprint density at radius 1 is 1.47 bits per heavy atom. The molecule has 1 rings (SSSR count). The molecule has 0 amide bonds. The molecule has 0 saturated carbocycles. The number of rotatable bonds is 5. The number of hydrogen-bond donors (Lipinski definition) is 1. The smallest absolute Gasteiger partial charge is 0.307 e. The van der Waals surface area contributed by atoms with Gasteiger partial charge in [-0.05, 0) is 12.8 Å². The number of nitrogens with zero attached hydrogens (tertiary/aromatic N) is 1. The fraction of sp³-hybridized carbons (Fsp3) is 0.900. The van der Waals surface area contributed by atoms with Gasteiger partial charge in [-0.15, -0.1) is 0 Å². The van der Waals surface area contributed by atoms with Gasteiger partial charge in [0.15, 0.2) is 0 Å². The van der Waals surface area contributed by atoms with Crippen LogP contribution in [0.4, 0.5) is 0 Å². The fourth-order valence-electron chi connectivity index (χ4n) is 1.80. The normalized spacial score (nSPS) is 20.4. The van der Waals surface area contributed by atoms with Gasteiger partial charge in [-0.1, -0.05) is 6.92 Å². The number of hydrogen-bond acceptors (Lipinski definition) is 4. The second-order valence-corrected chi connectivity index (χ2v) is 6.70. The third kappa shape index (κ3) is 3.65. The lowest BCUT2D eigenvalue weighted by Crippen LogP contribution is -2.42. The van der Waals surface area contributed by atoms with E-state index in [1.807, 2.05) is 0 Å². The van der Waals surface area contributed by atoms with Crippen molar-refractivity contribution in [1.82, 2.24) is 4.31 Å². The molecule has 0 aromatic heterocycles. The van der Waals surface area contributed by atoms with E-state index in [2.05, 4.69) is 0 Å². The lowest BCUT2D eigenvalue weighted by Gasteiger charge is -2.28. The van der Waals surface area contributed by atoms with Crippen molar-refractivity contribution in [2.45, 2.75) is 25.0 Å². The molecule has 1 aliphatic heterocycles. The summed E-state index contributed by atoms with van der Waals surface area (Å²) in [6.45, 7) is 2.41. The second kappa shape index (κ2) is 5.79. The van der Waals surface area contributed by atoms with Gasteiger partial charge < -0.3 is 9.84 Å². The molecule has 1 saturated heterocycles. The highest BCUT2D eigenvalue weighted by atomic mass is 32.2. The Labute approximate surface area is 102 Å². The summed E-state index contributed by atoms with van der Waals surface area (Å²) < 4.78 is 30.5. The molecule has 7 heteroatoms. The SMILES string of the molecule is CC(CN(C)S(=O)(=O)C1CCOCC1)C(=O)O. The molecule has 1 fully saturated rings. The fourth-order valence-corrected chi connectivity index (χ4v) is 3.52.